The summed E-state index contributed by atoms with van der Waals surface area (Å²) in [5.41, 5.74) is 0.438. The van der Waals surface area contributed by atoms with Crippen LogP contribution in [0.5, 0.6) is 0 Å². The SMILES string of the molecule is CCCN(C(=O)c1ccoc1C)C1CC(=O)N(C)C1=O. The largest absolute Gasteiger partial charge is 0.469 e. The second-order valence-corrected chi connectivity index (χ2v) is 4.90. The zero-order valence-electron chi connectivity index (χ0n) is 11.9. The molecule has 0 radical (unpaired) electrons. The van der Waals surface area contributed by atoms with Crippen molar-refractivity contribution < 1.29 is 18.8 Å². The van der Waals surface area contributed by atoms with Crippen molar-refractivity contribution in [2.45, 2.75) is 32.7 Å². The Morgan fingerprint density at radius 3 is 2.65 bits per heavy atom. The van der Waals surface area contributed by atoms with E-state index in [1.54, 1.807) is 13.0 Å². The number of nitrogens with zero attached hydrogens (tertiary/aromatic N) is 2. The Bertz CT molecular complexity index is 549. The van der Waals surface area contributed by atoms with E-state index < -0.39 is 6.04 Å². The maximum atomic E-state index is 12.5. The third kappa shape index (κ3) is 2.33. The van der Waals surface area contributed by atoms with Crippen LogP contribution in [0.15, 0.2) is 16.7 Å². The number of hydrogen-bond acceptors (Lipinski definition) is 4. The van der Waals surface area contributed by atoms with E-state index in [0.717, 1.165) is 4.90 Å². The van der Waals surface area contributed by atoms with Gasteiger partial charge in [0.05, 0.1) is 18.2 Å². The number of imide groups is 1. The first-order valence-corrected chi connectivity index (χ1v) is 6.62. The second-order valence-electron chi connectivity index (χ2n) is 4.90. The number of carbonyl (C=O) groups excluding carboxylic acids is 3. The molecule has 6 nitrogen and oxygen atoms in total. The molecule has 0 bridgehead atoms. The molecule has 1 unspecified atom stereocenters. The molecule has 0 saturated carbocycles. The van der Waals surface area contributed by atoms with Gasteiger partial charge in [0.1, 0.15) is 11.8 Å². The molecule has 6 heteroatoms. The van der Waals surface area contributed by atoms with E-state index in [2.05, 4.69) is 0 Å². The molecule has 0 spiro atoms. The summed E-state index contributed by atoms with van der Waals surface area (Å²) < 4.78 is 5.14. The lowest BCUT2D eigenvalue weighted by Gasteiger charge is -2.26. The summed E-state index contributed by atoms with van der Waals surface area (Å²) in [6, 6.07) is 0.889. The minimum atomic E-state index is -0.700. The highest BCUT2D eigenvalue weighted by Gasteiger charge is 2.41. The average Bonchev–Trinajstić information content (AvgIpc) is 2.95. The fourth-order valence-corrected chi connectivity index (χ4v) is 2.38. The van der Waals surface area contributed by atoms with Crippen molar-refractivity contribution in [3.63, 3.8) is 0 Å². The number of aryl methyl sites for hydroxylation is 1. The van der Waals surface area contributed by atoms with E-state index in [-0.39, 0.29) is 24.1 Å². The summed E-state index contributed by atoms with van der Waals surface area (Å²) in [6.45, 7) is 4.06. The average molecular weight is 278 g/mol. The Kier molecular flexibility index (Phi) is 3.92. The Hall–Kier alpha value is -2.11. The summed E-state index contributed by atoms with van der Waals surface area (Å²) in [4.78, 5) is 38.8. The molecule has 2 heterocycles. The summed E-state index contributed by atoms with van der Waals surface area (Å²) >= 11 is 0. The summed E-state index contributed by atoms with van der Waals surface area (Å²) in [5, 5.41) is 0. The van der Waals surface area contributed by atoms with E-state index in [1.165, 1.54) is 18.2 Å². The van der Waals surface area contributed by atoms with Crippen LogP contribution in [0.25, 0.3) is 0 Å². The van der Waals surface area contributed by atoms with Crippen molar-refractivity contribution >= 4 is 17.7 Å². The fraction of sp³-hybridized carbons (Fsp3) is 0.500. The van der Waals surface area contributed by atoms with Gasteiger partial charge in [-0.2, -0.15) is 0 Å². The Morgan fingerprint density at radius 1 is 1.50 bits per heavy atom. The molecule has 0 aliphatic carbocycles. The van der Waals surface area contributed by atoms with Gasteiger partial charge >= 0.3 is 0 Å². The molecule has 1 saturated heterocycles. The molecule has 108 valence electrons. The van der Waals surface area contributed by atoms with Gasteiger partial charge in [0.2, 0.25) is 5.91 Å². The number of likely N-dealkylation sites (N-methyl/N-ethyl adjacent to an activating group) is 1. The minimum absolute atomic E-state index is 0.0535. The van der Waals surface area contributed by atoms with E-state index in [9.17, 15) is 14.4 Å². The molecular weight excluding hydrogens is 260 g/mol. The van der Waals surface area contributed by atoms with Gasteiger partial charge in [-0.3, -0.25) is 19.3 Å². The summed E-state index contributed by atoms with van der Waals surface area (Å²) in [7, 11) is 1.45. The monoisotopic (exact) mass is 278 g/mol. The van der Waals surface area contributed by atoms with Gasteiger partial charge in [0.15, 0.2) is 0 Å². The lowest BCUT2D eigenvalue weighted by atomic mass is 10.1. The van der Waals surface area contributed by atoms with Crippen molar-refractivity contribution in [2.75, 3.05) is 13.6 Å². The molecule has 1 atom stereocenters. The predicted molar refractivity (Wildman–Crippen MR) is 71.0 cm³/mol. The van der Waals surface area contributed by atoms with Crippen molar-refractivity contribution in [1.82, 2.24) is 9.80 Å². The molecule has 2 rings (SSSR count). The Labute approximate surface area is 117 Å². The second kappa shape index (κ2) is 5.48. The van der Waals surface area contributed by atoms with E-state index in [0.29, 0.717) is 24.3 Å². The zero-order valence-corrected chi connectivity index (χ0v) is 11.9. The highest BCUT2D eigenvalue weighted by Crippen LogP contribution is 2.21. The van der Waals surface area contributed by atoms with Crippen molar-refractivity contribution in [2.24, 2.45) is 0 Å². The van der Waals surface area contributed by atoms with Crippen LogP contribution in [-0.2, 0) is 9.59 Å². The quantitative estimate of drug-likeness (QED) is 0.776. The number of likely N-dealkylation sites (tertiary alicyclic amines) is 1. The van der Waals surface area contributed by atoms with Crippen molar-refractivity contribution in [3.8, 4) is 0 Å². The van der Waals surface area contributed by atoms with Crippen LogP contribution in [-0.4, -0.2) is 47.2 Å². The normalized spacial score (nSPS) is 18.8. The van der Waals surface area contributed by atoms with Crippen LogP contribution in [0.4, 0.5) is 0 Å². The number of hydrogen-bond donors (Lipinski definition) is 0. The number of carbonyl (C=O) groups is 3. The third-order valence-corrected chi connectivity index (χ3v) is 3.55. The van der Waals surface area contributed by atoms with Crippen LogP contribution in [0.1, 0.15) is 35.9 Å². The maximum Gasteiger partial charge on any atom is 0.258 e. The molecule has 1 fully saturated rings. The first-order chi connectivity index (χ1) is 9.47. The van der Waals surface area contributed by atoms with E-state index in [4.69, 9.17) is 4.42 Å². The van der Waals surface area contributed by atoms with Gasteiger partial charge in [-0.25, -0.2) is 0 Å². The van der Waals surface area contributed by atoms with Crippen LogP contribution in [0.2, 0.25) is 0 Å². The first-order valence-electron chi connectivity index (χ1n) is 6.62. The summed E-state index contributed by atoms with van der Waals surface area (Å²) in [5.74, 6) is -0.323. The van der Waals surface area contributed by atoms with E-state index in [1.807, 2.05) is 6.92 Å². The summed E-state index contributed by atoms with van der Waals surface area (Å²) in [6.07, 6.45) is 2.21. The third-order valence-electron chi connectivity index (χ3n) is 3.55. The van der Waals surface area contributed by atoms with Crippen molar-refractivity contribution in [1.29, 1.82) is 0 Å². The Morgan fingerprint density at radius 2 is 2.20 bits per heavy atom. The lowest BCUT2D eigenvalue weighted by molar-refractivity contribution is -0.137. The van der Waals surface area contributed by atoms with Gasteiger partial charge in [0.25, 0.3) is 11.8 Å². The predicted octanol–water partition coefficient (Wildman–Crippen LogP) is 1.20. The molecule has 1 aliphatic rings. The fourth-order valence-electron chi connectivity index (χ4n) is 2.38. The molecule has 20 heavy (non-hydrogen) atoms. The molecule has 1 aliphatic heterocycles. The Balaban J connectivity index is 2.28. The zero-order chi connectivity index (χ0) is 14.9. The van der Waals surface area contributed by atoms with Crippen LogP contribution in [0.3, 0.4) is 0 Å². The highest BCUT2D eigenvalue weighted by atomic mass is 16.3. The van der Waals surface area contributed by atoms with Crippen LogP contribution >= 0.6 is 0 Å². The van der Waals surface area contributed by atoms with Crippen LogP contribution < -0.4 is 0 Å². The lowest BCUT2D eigenvalue weighted by Crippen LogP contribution is -2.45. The first kappa shape index (κ1) is 14.3. The molecule has 3 amide bonds. The van der Waals surface area contributed by atoms with Gasteiger partial charge in [0, 0.05) is 13.6 Å². The van der Waals surface area contributed by atoms with Gasteiger partial charge in [-0.15, -0.1) is 0 Å². The number of amides is 3. The number of furan rings is 1. The van der Waals surface area contributed by atoms with Crippen molar-refractivity contribution in [3.05, 3.63) is 23.7 Å². The van der Waals surface area contributed by atoms with E-state index >= 15 is 0 Å². The molecule has 0 N–H and O–H groups in total. The molecule has 1 aromatic rings. The highest BCUT2D eigenvalue weighted by molar-refractivity contribution is 6.08. The van der Waals surface area contributed by atoms with Gasteiger partial charge in [-0.05, 0) is 19.4 Å². The van der Waals surface area contributed by atoms with Gasteiger partial charge in [-0.1, -0.05) is 6.92 Å². The molecule has 1 aromatic heterocycles. The van der Waals surface area contributed by atoms with Crippen LogP contribution in [0, 0.1) is 6.92 Å². The smallest absolute Gasteiger partial charge is 0.258 e. The molecule has 0 aromatic carbocycles. The standard InChI is InChI=1S/C14H18N2O4/c1-4-6-16(11-8-12(17)15(3)14(11)19)13(18)10-5-7-20-9(10)2/h5,7,11H,4,6,8H2,1-3H3. The topological polar surface area (TPSA) is 70.8 Å². The number of rotatable bonds is 4. The minimum Gasteiger partial charge on any atom is -0.469 e. The maximum absolute atomic E-state index is 12.5. The molecular formula is C14H18N2O4. The van der Waals surface area contributed by atoms with Gasteiger partial charge < -0.3 is 9.32 Å².